The van der Waals surface area contributed by atoms with E-state index in [1.165, 1.54) is 0 Å². The molecule has 1 aromatic carbocycles. The van der Waals surface area contributed by atoms with Crippen molar-refractivity contribution < 1.29 is 9.47 Å². The molecule has 15 heavy (non-hydrogen) atoms. The van der Waals surface area contributed by atoms with Crippen molar-refractivity contribution in [1.82, 2.24) is 0 Å². The summed E-state index contributed by atoms with van der Waals surface area (Å²) in [5.41, 5.74) is 6.25. The number of hydrogen-bond donors (Lipinski definition) is 1. The van der Waals surface area contributed by atoms with Crippen LogP contribution in [0.2, 0.25) is 0 Å². The molecule has 0 fully saturated rings. The highest BCUT2D eigenvalue weighted by Gasteiger charge is 2.01. The van der Waals surface area contributed by atoms with Crippen molar-refractivity contribution in [3.63, 3.8) is 0 Å². The van der Waals surface area contributed by atoms with Crippen LogP contribution in [0.1, 0.15) is 5.56 Å². The molecule has 0 aromatic heterocycles. The van der Waals surface area contributed by atoms with Crippen LogP contribution in [0.25, 0.3) is 6.08 Å². The van der Waals surface area contributed by atoms with E-state index in [0.29, 0.717) is 4.99 Å². The Labute approximate surface area is 94.5 Å². The molecule has 80 valence electrons. The summed E-state index contributed by atoms with van der Waals surface area (Å²) < 4.78 is 10.3. The molecule has 0 atom stereocenters. The first-order valence-corrected chi connectivity index (χ1v) is 4.77. The van der Waals surface area contributed by atoms with E-state index in [-0.39, 0.29) is 0 Å². The minimum absolute atomic E-state index is 0.333. The van der Waals surface area contributed by atoms with Gasteiger partial charge in [0.05, 0.1) is 19.2 Å². The van der Waals surface area contributed by atoms with Gasteiger partial charge < -0.3 is 15.2 Å². The molecule has 0 saturated carbocycles. The predicted molar refractivity (Wildman–Crippen MR) is 65.4 cm³/mol. The third-order valence-corrected chi connectivity index (χ3v) is 2.00. The summed E-state index contributed by atoms with van der Waals surface area (Å²) in [6.45, 7) is 0. The minimum atomic E-state index is 0.333. The van der Waals surface area contributed by atoms with Crippen molar-refractivity contribution in [2.24, 2.45) is 5.73 Å². The molecular weight excluding hydrogens is 210 g/mol. The van der Waals surface area contributed by atoms with Crippen LogP contribution in [0.15, 0.2) is 24.3 Å². The summed E-state index contributed by atoms with van der Waals surface area (Å²) >= 11 is 4.75. The van der Waals surface area contributed by atoms with Gasteiger partial charge in [0.15, 0.2) is 0 Å². The average molecular weight is 223 g/mol. The van der Waals surface area contributed by atoms with E-state index in [1.54, 1.807) is 26.4 Å². The second-order valence-corrected chi connectivity index (χ2v) is 3.31. The zero-order chi connectivity index (χ0) is 11.3. The van der Waals surface area contributed by atoms with Gasteiger partial charge in [-0.25, -0.2) is 0 Å². The Balaban J connectivity index is 3.06. The van der Waals surface area contributed by atoms with Gasteiger partial charge >= 0.3 is 0 Å². The number of rotatable bonds is 4. The molecular formula is C11H13NO2S. The lowest BCUT2D eigenvalue weighted by atomic mass is 10.1. The van der Waals surface area contributed by atoms with Gasteiger partial charge in [-0.2, -0.15) is 0 Å². The molecule has 0 saturated heterocycles. The van der Waals surface area contributed by atoms with Gasteiger partial charge in [0.1, 0.15) is 11.5 Å². The standard InChI is InChI=1S/C11H13NO2S/c1-13-9-4-5-10(14-2)8(7-9)3-6-11(12)15/h3-7H,1-2H3,(H2,12,15)/b6-3-. The maximum atomic E-state index is 5.37. The van der Waals surface area contributed by atoms with Gasteiger partial charge in [-0.3, -0.25) is 0 Å². The Morgan fingerprint density at radius 1 is 1.33 bits per heavy atom. The summed E-state index contributed by atoms with van der Waals surface area (Å²) in [6.07, 6.45) is 3.44. The molecule has 0 aliphatic carbocycles. The molecule has 3 nitrogen and oxygen atoms in total. The van der Waals surface area contributed by atoms with Crippen LogP contribution in [0, 0.1) is 0 Å². The van der Waals surface area contributed by atoms with Gasteiger partial charge in [-0.1, -0.05) is 12.2 Å². The highest BCUT2D eigenvalue weighted by atomic mass is 32.1. The maximum Gasteiger partial charge on any atom is 0.126 e. The fourth-order valence-electron chi connectivity index (χ4n) is 1.14. The Bertz CT molecular complexity index is 388. The quantitative estimate of drug-likeness (QED) is 0.626. The molecule has 0 amide bonds. The Kier molecular flexibility index (Phi) is 4.12. The monoisotopic (exact) mass is 223 g/mol. The lowest BCUT2D eigenvalue weighted by Gasteiger charge is -2.06. The number of thiocarbonyl (C=S) groups is 1. The Morgan fingerprint density at radius 3 is 2.60 bits per heavy atom. The number of hydrogen-bond acceptors (Lipinski definition) is 3. The van der Waals surface area contributed by atoms with Crippen LogP contribution in [-0.2, 0) is 0 Å². The van der Waals surface area contributed by atoms with Crippen LogP contribution in [0.4, 0.5) is 0 Å². The maximum absolute atomic E-state index is 5.37. The minimum Gasteiger partial charge on any atom is -0.497 e. The van der Waals surface area contributed by atoms with Gasteiger partial charge in [-0.05, 0) is 30.4 Å². The lowest BCUT2D eigenvalue weighted by Crippen LogP contribution is -2.02. The summed E-state index contributed by atoms with van der Waals surface area (Å²) in [5, 5.41) is 0. The van der Waals surface area contributed by atoms with E-state index < -0.39 is 0 Å². The van der Waals surface area contributed by atoms with Crippen molar-refractivity contribution in [3.05, 3.63) is 29.8 Å². The van der Waals surface area contributed by atoms with E-state index >= 15 is 0 Å². The summed E-state index contributed by atoms with van der Waals surface area (Å²) in [4.78, 5) is 0.333. The van der Waals surface area contributed by atoms with Crippen LogP contribution in [-0.4, -0.2) is 19.2 Å². The molecule has 4 heteroatoms. The molecule has 1 rings (SSSR count). The smallest absolute Gasteiger partial charge is 0.126 e. The third kappa shape index (κ3) is 3.25. The van der Waals surface area contributed by atoms with Crippen molar-refractivity contribution >= 4 is 23.3 Å². The van der Waals surface area contributed by atoms with Gasteiger partial charge in [0, 0.05) is 5.56 Å². The molecule has 1 aromatic rings. The number of ether oxygens (including phenoxy) is 2. The van der Waals surface area contributed by atoms with Gasteiger partial charge in [0.2, 0.25) is 0 Å². The van der Waals surface area contributed by atoms with E-state index in [9.17, 15) is 0 Å². The van der Waals surface area contributed by atoms with Crippen molar-refractivity contribution in [1.29, 1.82) is 0 Å². The van der Waals surface area contributed by atoms with Crippen LogP contribution in [0.3, 0.4) is 0 Å². The molecule has 0 unspecified atom stereocenters. The average Bonchev–Trinajstić information content (AvgIpc) is 2.25. The zero-order valence-electron chi connectivity index (χ0n) is 8.69. The molecule has 2 N–H and O–H groups in total. The van der Waals surface area contributed by atoms with Crippen molar-refractivity contribution in [3.8, 4) is 11.5 Å². The highest BCUT2D eigenvalue weighted by Crippen LogP contribution is 2.24. The fraction of sp³-hybridized carbons (Fsp3) is 0.182. The van der Waals surface area contributed by atoms with Crippen LogP contribution >= 0.6 is 12.2 Å². The normalized spacial score (nSPS) is 10.3. The lowest BCUT2D eigenvalue weighted by molar-refractivity contribution is 0.402. The van der Waals surface area contributed by atoms with Crippen LogP contribution < -0.4 is 15.2 Å². The number of methoxy groups -OCH3 is 2. The molecule has 0 spiro atoms. The molecule has 0 aliphatic heterocycles. The van der Waals surface area contributed by atoms with Crippen molar-refractivity contribution in [2.75, 3.05) is 14.2 Å². The SMILES string of the molecule is COc1ccc(OC)c(/C=C\C(N)=S)c1. The van der Waals surface area contributed by atoms with Gasteiger partial charge in [-0.15, -0.1) is 0 Å². The first kappa shape index (κ1) is 11.5. The summed E-state index contributed by atoms with van der Waals surface area (Å²) in [6, 6.07) is 5.52. The largest absolute Gasteiger partial charge is 0.497 e. The van der Waals surface area contributed by atoms with Crippen LogP contribution in [0.5, 0.6) is 11.5 Å². The van der Waals surface area contributed by atoms with E-state index in [2.05, 4.69) is 0 Å². The Morgan fingerprint density at radius 2 is 2.07 bits per heavy atom. The number of nitrogens with two attached hydrogens (primary N) is 1. The predicted octanol–water partition coefficient (Wildman–Crippen LogP) is 2.00. The second-order valence-electron chi connectivity index (χ2n) is 2.84. The van der Waals surface area contributed by atoms with Gasteiger partial charge in [0.25, 0.3) is 0 Å². The molecule has 0 heterocycles. The third-order valence-electron chi connectivity index (χ3n) is 1.86. The summed E-state index contributed by atoms with van der Waals surface area (Å²) in [7, 11) is 3.22. The second kappa shape index (κ2) is 5.36. The molecule has 0 radical (unpaired) electrons. The first-order chi connectivity index (χ1) is 7.17. The fourth-order valence-corrected chi connectivity index (χ4v) is 1.21. The van der Waals surface area contributed by atoms with E-state index in [4.69, 9.17) is 27.4 Å². The van der Waals surface area contributed by atoms with Crippen molar-refractivity contribution in [2.45, 2.75) is 0 Å². The molecule has 0 bridgehead atoms. The first-order valence-electron chi connectivity index (χ1n) is 4.37. The highest BCUT2D eigenvalue weighted by molar-refractivity contribution is 7.80. The van der Waals surface area contributed by atoms with E-state index in [1.807, 2.05) is 18.2 Å². The Hall–Kier alpha value is -1.55. The summed E-state index contributed by atoms with van der Waals surface area (Å²) in [5.74, 6) is 1.52. The number of benzene rings is 1. The van der Waals surface area contributed by atoms with E-state index in [0.717, 1.165) is 17.1 Å². The molecule has 0 aliphatic rings. The zero-order valence-corrected chi connectivity index (χ0v) is 9.51. The topological polar surface area (TPSA) is 44.5 Å².